The maximum atomic E-state index is 14.2. The zero-order valence-corrected chi connectivity index (χ0v) is 29.3. The van der Waals surface area contributed by atoms with Gasteiger partial charge in [0.25, 0.3) is 0 Å². The third-order valence-corrected chi connectivity index (χ3v) is 9.15. The quantitative estimate of drug-likeness (QED) is 0.285. The highest BCUT2D eigenvalue weighted by Gasteiger charge is 2.42. The van der Waals surface area contributed by atoms with E-state index < -0.39 is 41.0 Å². The Hall–Kier alpha value is -3.20. The van der Waals surface area contributed by atoms with E-state index in [0.29, 0.717) is 18.5 Å². The van der Waals surface area contributed by atoms with E-state index >= 15 is 0 Å². The Morgan fingerprint density at radius 1 is 1.05 bits per heavy atom. The second-order valence-corrected chi connectivity index (χ2v) is 14.3. The topological polar surface area (TPSA) is 108 Å². The van der Waals surface area contributed by atoms with E-state index in [1.807, 2.05) is 48.5 Å². The van der Waals surface area contributed by atoms with Crippen molar-refractivity contribution in [3.8, 4) is 0 Å². The van der Waals surface area contributed by atoms with Gasteiger partial charge >= 0.3 is 5.97 Å². The summed E-state index contributed by atoms with van der Waals surface area (Å²) < 4.78 is 4.91. The van der Waals surface area contributed by atoms with Gasteiger partial charge in [-0.3, -0.25) is 14.4 Å². The average molecular weight is 613 g/mol. The molecule has 4 atom stereocenters. The molecule has 44 heavy (non-hydrogen) atoms. The van der Waals surface area contributed by atoms with Gasteiger partial charge in [0, 0.05) is 24.6 Å². The molecule has 1 heterocycles. The fraction of sp³-hybridized carbons (Fsp3) is 0.657. The Balaban J connectivity index is 2.36. The van der Waals surface area contributed by atoms with Gasteiger partial charge in [-0.2, -0.15) is 0 Å². The van der Waals surface area contributed by atoms with E-state index in [4.69, 9.17) is 4.74 Å². The lowest BCUT2D eigenvalue weighted by Crippen LogP contribution is -2.61. The lowest BCUT2D eigenvalue weighted by atomic mass is 9.76. The highest BCUT2D eigenvalue weighted by molar-refractivity contribution is 5.96. The maximum Gasteiger partial charge on any atom is 0.328 e. The van der Waals surface area contributed by atoms with Crippen molar-refractivity contribution in [2.24, 2.45) is 11.3 Å². The number of likely N-dealkylation sites (tertiary alicyclic amines) is 1. The number of ether oxygens (including phenoxy) is 1. The summed E-state index contributed by atoms with van der Waals surface area (Å²) in [7, 11) is 4.81. The van der Waals surface area contributed by atoms with Crippen molar-refractivity contribution in [1.29, 1.82) is 0 Å². The van der Waals surface area contributed by atoms with Crippen LogP contribution in [-0.2, 0) is 29.3 Å². The molecular weight excluding hydrogens is 556 g/mol. The minimum absolute atomic E-state index is 0.0215. The Labute approximate surface area is 265 Å². The molecule has 0 unspecified atom stereocenters. The number of carbonyl (C=O) groups excluding carboxylic acids is 4. The fourth-order valence-corrected chi connectivity index (χ4v) is 6.05. The van der Waals surface area contributed by atoms with Crippen molar-refractivity contribution in [3.63, 3.8) is 0 Å². The molecule has 0 spiro atoms. The Morgan fingerprint density at radius 2 is 1.66 bits per heavy atom. The van der Waals surface area contributed by atoms with Crippen molar-refractivity contribution in [3.05, 3.63) is 46.5 Å². The lowest BCUT2D eigenvalue weighted by molar-refractivity contribution is -0.149. The minimum Gasteiger partial charge on any atom is -0.467 e. The third kappa shape index (κ3) is 8.29. The van der Waals surface area contributed by atoms with E-state index in [-0.39, 0.29) is 23.6 Å². The van der Waals surface area contributed by atoms with Crippen molar-refractivity contribution in [1.82, 2.24) is 20.4 Å². The second kappa shape index (κ2) is 14.7. The van der Waals surface area contributed by atoms with Crippen LogP contribution in [0, 0.1) is 25.2 Å². The highest BCUT2D eigenvalue weighted by atomic mass is 16.5. The largest absolute Gasteiger partial charge is 0.467 e. The summed E-state index contributed by atoms with van der Waals surface area (Å²) in [6, 6.07) is 3.81. The van der Waals surface area contributed by atoms with Crippen LogP contribution in [0.1, 0.15) is 84.9 Å². The highest BCUT2D eigenvalue weighted by Crippen LogP contribution is 2.30. The normalized spacial score (nSPS) is 18.1. The van der Waals surface area contributed by atoms with Gasteiger partial charge in [0.05, 0.1) is 19.2 Å². The predicted octanol–water partition coefficient (Wildman–Crippen LogP) is 4.29. The molecule has 2 rings (SSSR count). The van der Waals surface area contributed by atoms with Gasteiger partial charge in [-0.1, -0.05) is 72.7 Å². The summed E-state index contributed by atoms with van der Waals surface area (Å²) >= 11 is 0. The number of nitrogens with zero attached hydrogens (tertiary/aromatic N) is 2. The van der Waals surface area contributed by atoms with Crippen LogP contribution in [0.4, 0.5) is 0 Å². The van der Waals surface area contributed by atoms with Gasteiger partial charge < -0.3 is 25.2 Å². The molecule has 9 heteroatoms. The molecular formula is C35H56N4O5. The zero-order chi connectivity index (χ0) is 33.7. The lowest BCUT2D eigenvalue weighted by Gasteiger charge is -2.40. The van der Waals surface area contributed by atoms with Crippen molar-refractivity contribution < 1.29 is 23.9 Å². The number of hydrogen-bond acceptors (Lipinski definition) is 6. The molecule has 1 aromatic carbocycles. The number of aryl methyl sites for hydroxylation is 2. The molecule has 0 bridgehead atoms. The molecule has 0 aromatic heterocycles. The molecule has 0 aliphatic carbocycles. The van der Waals surface area contributed by atoms with E-state index in [2.05, 4.69) is 42.7 Å². The number of esters is 1. The number of methoxy groups -OCH3 is 1. The van der Waals surface area contributed by atoms with Crippen LogP contribution in [0.3, 0.4) is 0 Å². The van der Waals surface area contributed by atoms with E-state index in [0.717, 1.165) is 17.5 Å². The van der Waals surface area contributed by atoms with Crippen LogP contribution in [0.15, 0.2) is 29.8 Å². The first-order valence-electron chi connectivity index (χ1n) is 15.7. The smallest absolute Gasteiger partial charge is 0.328 e. The number of nitrogens with one attached hydrogen (secondary N) is 2. The number of likely N-dealkylation sites (N-methyl/N-ethyl adjacent to an activating group) is 2. The summed E-state index contributed by atoms with van der Waals surface area (Å²) in [5.74, 6) is -1.18. The second-order valence-electron chi connectivity index (χ2n) is 14.3. The Bertz CT molecular complexity index is 1250. The van der Waals surface area contributed by atoms with Gasteiger partial charge in [-0.25, -0.2) is 4.79 Å². The summed E-state index contributed by atoms with van der Waals surface area (Å²) in [6.45, 7) is 20.2. The molecule has 9 nitrogen and oxygen atoms in total. The van der Waals surface area contributed by atoms with Gasteiger partial charge in [-0.15, -0.1) is 0 Å². The molecule has 1 aliphatic heterocycles. The van der Waals surface area contributed by atoms with Crippen LogP contribution < -0.4 is 10.6 Å². The number of carbonyl (C=O) groups is 4. The molecule has 1 aliphatic rings. The summed E-state index contributed by atoms with van der Waals surface area (Å²) in [4.78, 5) is 56.9. The van der Waals surface area contributed by atoms with Crippen LogP contribution >= 0.6 is 0 Å². The van der Waals surface area contributed by atoms with Crippen molar-refractivity contribution in [2.75, 3.05) is 27.7 Å². The van der Waals surface area contributed by atoms with Crippen LogP contribution in [0.2, 0.25) is 0 Å². The van der Waals surface area contributed by atoms with Gasteiger partial charge in [-0.05, 0) is 68.7 Å². The first-order valence-corrected chi connectivity index (χ1v) is 15.7. The number of benzene rings is 1. The molecule has 0 radical (unpaired) electrons. The number of rotatable bonds is 11. The molecule has 0 saturated carbocycles. The van der Waals surface area contributed by atoms with Crippen molar-refractivity contribution >= 4 is 23.7 Å². The monoisotopic (exact) mass is 612 g/mol. The summed E-state index contributed by atoms with van der Waals surface area (Å²) in [5.41, 5.74) is 2.67. The fourth-order valence-electron chi connectivity index (χ4n) is 6.05. The van der Waals surface area contributed by atoms with Crippen LogP contribution in [0.5, 0.6) is 0 Å². The predicted molar refractivity (Wildman–Crippen MR) is 175 cm³/mol. The summed E-state index contributed by atoms with van der Waals surface area (Å²) in [6.07, 6.45) is 3.10. The summed E-state index contributed by atoms with van der Waals surface area (Å²) in [5, 5.41) is 6.29. The zero-order valence-electron chi connectivity index (χ0n) is 29.3. The molecule has 3 amide bonds. The number of amides is 3. The first kappa shape index (κ1) is 37.0. The number of hydrogen-bond donors (Lipinski definition) is 2. The standard InChI is InChI=1S/C35H56N4O5/c1-21(2)27(20-24(5)31(41)39-18-14-15-26(39)33(43)44-13)38(12)32(42)29(34(6,7)8)37-30(40)28(36-11)35(9,10)25-17-16-22(3)23(4)19-25/h16-17,19-21,26-29,36H,14-15,18H2,1-13H3,(H,37,40)/b24-20+/t26-,27+,28+,29+/m0/s1. The van der Waals surface area contributed by atoms with Gasteiger partial charge in [0.1, 0.15) is 12.1 Å². The minimum atomic E-state index is -0.820. The average Bonchev–Trinajstić information content (AvgIpc) is 3.43. The van der Waals surface area contributed by atoms with Crippen molar-refractivity contribution in [2.45, 2.75) is 112 Å². The molecule has 1 fully saturated rings. The molecule has 1 saturated heterocycles. The van der Waals surface area contributed by atoms with E-state index in [1.54, 1.807) is 36.9 Å². The van der Waals surface area contributed by atoms with Crippen LogP contribution in [0.25, 0.3) is 0 Å². The van der Waals surface area contributed by atoms with E-state index in [9.17, 15) is 19.2 Å². The third-order valence-electron chi connectivity index (χ3n) is 9.15. The van der Waals surface area contributed by atoms with Gasteiger partial charge in [0.15, 0.2) is 0 Å². The Morgan fingerprint density at radius 3 is 2.16 bits per heavy atom. The first-order chi connectivity index (χ1) is 20.3. The molecule has 1 aromatic rings. The van der Waals surface area contributed by atoms with Crippen LogP contribution in [-0.4, -0.2) is 85.4 Å². The van der Waals surface area contributed by atoms with Gasteiger partial charge in [0.2, 0.25) is 17.7 Å². The Kier molecular flexibility index (Phi) is 12.4. The molecule has 246 valence electrons. The maximum absolute atomic E-state index is 14.2. The van der Waals surface area contributed by atoms with E-state index in [1.165, 1.54) is 12.7 Å². The molecule has 2 N–H and O–H groups in total. The SMILES string of the molecule is CN[C@H](C(=O)N[C@H](C(=O)N(C)[C@H](/C=C(\C)C(=O)N1CCC[C@H]1C(=O)OC)C(C)C)C(C)(C)C)C(C)(C)c1ccc(C)c(C)c1.